The number of aryl methyl sites for hydroxylation is 2. The molecule has 0 saturated carbocycles. The van der Waals surface area contributed by atoms with Gasteiger partial charge in [-0.3, -0.25) is 0 Å². The SMILES string of the molecule is Cc1cc([S+](C)C)cc(C)c1OS(=O)(=O)C(F)(F)C(F)(F)C(F)(F)C(F)(F)C(F)(F)C(F)(F)C(F)(F)C(F)(F)F. The first-order chi connectivity index (χ1) is 17.2. The average Bonchev–Trinajstić information content (AvgIpc) is 2.74. The highest BCUT2D eigenvalue weighted by molar-refractivity contribution is 7.95. The normalized spacial score (nSPS) is 15.6. The number of rotatable bonds is 10. The number of benzene rings is 1. The highest BCUT2D eigenvalue weighted by atomic mass is 32.2. The maximum atomic E-state index is 14.2. The van der Waals surface area contributed by atoms with E-state index in [1.807, 2.05) is 0 Å². The highest BCUT2D eigenvalue weighted by Crippen LogP contribution is 2.64. The molecule has 0 bridgehead atoms. The molecule has 40 heavy (non-hydrogen) atoms. The quantitative estimate of drug-likeness (QED) is 0.151. The van der Waals surface area contributed by atoms with Gasteiger partial charge in [-0.2, -0.15) is 83.1 Å². The van der Waals surface area contributed by atoms with Crippen molar-refractivity contribution in [3.05, 3.63) is 23.3 Å². The second-order valence-electron chi connectivity index (χ2n) is 8.20. The smallest absolute Gasteiger partial charge is 0.377 e. The predicted octanol–water partition coefficient (Wildman–Crippen LogP) is 7.22. The van der Waals surface area contributed by atoms with Crippen molar-refractivity contribution < 1.29 is 87.2 Å². The Kier molecular flexibility index (Phi) is 8.91. The largest absolute Gasteiger partial charge is 0.460 e. The lowest BCUT2D eigenvalue weighted by Crippen LogP contribution is -2.75. The van der Waals surface area contributed by atoms with Crippen LogP contribution in [0.25, 0.3) is 0 Å². The first kappa shape index (κ1) is 36.2. The maximum Gasteiger partial charge on any atom is 0.460 e. The van der Waals surface area contributed by atoms with Gasteiger partial charge in [-0.25, -0.2) is 0 Å². The van der Waals surface area contributed by atoms with Gasteiger partial charge < -0.3 is 4.18 Å². The number of alkyl halides is 17. The fourth-order valence-corrected chi connectivity index (χ4v) is 4.60. The third-order valence-corrected chi connectivity index (χ3v) is 7.55. The summed E-state index contributed by atoms with van der Waals surface area (Å²) in [7, 11) is -8.30. The van der Waals surface area contributed by atoms with E-state index in [0.717, 1.165) is 26.0 Å². The third-order valence-electron chi connectivity index (χ3n) is 5.11. The van der Waals surface area contributed by atoms with Gasteiger partial charge in [0, 0.05) is 10.9 Å². The Morgan fingerprint density at radius 2 is 0.875 bits per heavy atom. The van der Waals surface area contributed by atoms with E-state index in [2.05, 4.69) is 4.18 Å². The number of hydrogen-bond donors (Lipinski definition) is 0. The van der Waals surface area contributed by atoms with Crippen LogP contribution in [0.5, 0.6) is 5.75 Å². The minimum atomic E-state index is -8.90. The second kappa shape index (κ2) is 9.85. The molecule has 0 aromatic heterocycles. The summed E-state index contributed by atoms with van der Waals surface area (Å²) in [6.45, 7) is 1.80. The Hall–Kier alpha value is -1.87. The van der Waals surface area contributed by atoms with Crippen molar-refractivity contribution >= 4 is 21.0 Å². The summed E-state index contributed by atoms with van der Waals surface area (Å²) in [6.07, 6.45) is -4.74. The van der Waals surface area contributed by atoms with E-state index in [-0.39, 0.29) is 0 Å². The molecule has 0 saturated heterocycles. The van der Waals surface area contributed by atoms with Gasteiger partial charge in [-0.15, -0.1) is 0 Å². The fourth-order valence-electron chi connectivity index (χ4n) is 2.75. The molecule has 22 heteroatoms. The minimum Gasteiger partial charge on any atom is -0.377 e. The molecule has 0 aliphatic rings. The van der Waals surface area contributed by atoms with Gasteiger partial charge in [0.15, 0.2) is 4.90 Å². The van der Waals surface area contributed by atoms with E-state index in [1.54, 1.807) is 12.5 Å². The van der Waals surface area contributed by atoms with Gasteiger partial charge in [-0.1, -0.05) is 0 Å². The topological polar surface area (TPSA) is 43.4 Å². The average molecular weight is 665 g/mol. The van der Waals surface area contributed by atoms with E-state index < -0.39 is 84.9 Å². The first-order valence-corrected chi connectivity index (χ1v) is 13.0. The van der Waals surface area contributed by atoms with Crippen molar-refractivity contribution in [3.8, 4) is 5.75 Å². The van der Waals surface area contributed by atoms with Crippen LogP contribution < -0.4 is 4.18 Å². The van der Waals surface area contributed by atoms with Crippen LogP contribution in [0.4, 0.5) is 74.6 Å². The van der Waals surface area contributed by atoms with Crippen molar-refractivity contribution in [2.24, 2.45) is 0 Å². The molecule has 0 amide bonds. The summed E-state index contributed by atoms with van der Waals surface area (Å²) in [4.78, 5) is 0.363. The molecular formula is C18H14F17O3S2+. The van der Waals surface area contributed by atoms with Gasteiger partial charge in [-0.05, 0) is 37.1 Å². The standard InChI is InChI=1S/C18H14F17O3S2/c1-7-5-9(39(3)4)6-8(2)10(7)38-40(36,37)18(34,35)16(29,30)14(25,26)12(21,22)11(19,20)13(23,24)15(27,28)17(31,32)33/h5-6H,1-4H3/q+1. The summed E-state index contributed by atoms with van der Waals surface area (Å²) in [5, 5.41) is -7.73. The van der Waals surface area contributed by atoms with E-state index in [4.69, 9.17) is 0 Å². The second-order valence-corrected chi connectivity index (χ2v) is 11.9. The van der Waals surface area contributed by atoms with Crippen molar-refractivity contribution in [2.45, 2.75) is 65.7 Å². The number of hydrogen-bond acceptors (Lipinski definition) is 3. The van der Waals surface area contributed by atoms with E-state index >= 15 is 0 Å². The van der Waals surface area contributed by atoms with Crippen LogP contribution in [0.3, 0.4) is 0 Å². The third kappa shape index (κ3) is 4.93. The van der Waals surface area contributed by atoms with E-state index in [9.17, 15) is 83.1 Å². The van der Waals surface area contributed by atoms with E-state index in [0.29, 0.717) is 4.90 Å². The molecule has 1 rings (SSSR count). The van der Waals surface area contributed by atoms with Gasteiger partial charge >= 0.3 is 57.1 Å². The summed E-state index contributed by atoms with van der Waals surface area (Å²) in [6, 6.07) is 2.03. The lowest BCUT2D eigenvalue weighted by Gasteiger charge is -2.42. The Balaban J connectivity index is 3.75. The van der Waals surface area contributed by atoms with Crippen LogP contribution in [-0.2, 0) is 21.0 Å². The van der Waals surface area contributed by atoms with Gasteiger partial charge in [0.25, 0.3) is 0 Å². The van der Waals surface area contributed by atoms with E-state index in [1.165, 1.54) is 0 Å². The molecule has 0 heterocycles. The van der Waals surface area contributed by atoms with Crippen molar-refractivity contribution in [3.63, 3.8) is 0 Å². The minimum absolute atomic E-state index is 0.363. The van der Waals surface area contributed by atoms with Crippen LogP contribution in [0.15, 0.2) is 17.0 Å². The zero-order valence-corrected chi connectivity index (χ0v) is 21.3. The molecule has 0 atom stereocenters. The van der Waals surface area contributed by atoms with Crippen molar-refractivity contribution in [2.75, 3.05) is 12.5 Å². The molecule has 1 aromatic carbocycles. The molecule has 0 aliphatic heterocycles. The summed E-state index contributed by atoms with van der Waals surface area (Å²) < 4.78 is 255. The molecule has 0 spiro atoms. The Morgan fingerprint density at radius 3 is 1.18 bits per heavy atom. The zero-order chi connectivity index (χ0) is 32.5. The van der Waals surface area contributed by atoms with Gasteiger partial charge in [0.1, 0.15) is 18.3 Å². The lowest BCUT2D eigenvalue weighted by molar-refractivity contribution is -0.458. The van der Waals surface area contributed by atoms with Crippen LogP contribution >= 0.6 is 0 Å². The predicted molar refractivity (Wildman–Crippen MR) is 104 cm³/mol. The molecular weight excluding hydrogens is 651 g/mol. The van der Waals surface area contributed by atoms with Crippen LogP contribution in [0.2, 0.25) is 0 Å². The number of halogens is 17. The lowest BCUT2D eigenvalue weighted by atomic mass is 9.91. The van der Waals surface area contributed by atoms with Crippen molar-refractivity contribution in [1.29, 1.82) is 0 Å². The molecule has 0 radical (unpaired) electrons. The van der Waals surface area contributed by atoms with Crippen LogP contribution in [0.1, 0.15) is 11.1 Å². The molecule has 0 aliphatic carbocycles. The summed E-state index contributed by atoms with van der Waals surface area (Å²) in [5.41, 5.74) is -0.923. The maximum absolute atomic E-state index is 14.2. The van der Waals surface area contributed by atoms with Gasteiger partial charge in [0.05, 0.1) is 0 Å². The Labute approximate surface area is 216 Å². The zero-order valence-electron chi connectivity index (χ0n) is 19.6. The molecule has 1 aromatic rings. The fraction of sp³-hybridized carbons (Fsp3) is 0.667. The molecule has 234 valence electrons. The van der Waals surface area contributed by atoms with Crippen LogP contribution in [0, 0.1) is 13.8 Å². The molecule has 0 N–H and O–H groups in total. The highest BCUT2D eigenvalue weighted by Gasteiger charge is 2.96. The summed E-state index contributed by atoms with van der Waals surface area (Å²) in [5.74, 6) is -53.2. The Morgan fingerprint density at radius 1 is 0.575 bits per heavy atom. The van der Waals surface area contributed by atoms with Gasteiger partial charge in [0.2, 0.25) is 0 Å². The summed E-state index contributed by atoms with van der Waals surface area (Å²) >= 11 is 0. The Bertz CT molecular complexity index is 1200. The van der Waals surface area contributed by atoms with Crippen LogP contribution in [-0.4, -0.2) is 67.9 Å². The molecule has 0 unspecified atom stereocenters. The molecule has 3 nitrogen and oxygen atoms in total. The monoisotopic (exact) mass is 665 g/mol. The van der Waals surface area contributed by atoms with Crippen molar-refractivity contribution in [1.82, 2.24) is 0 Å². The molecule has 0 fully saturated rings. The first-order valence-electron chi connectivity index (χ1n) is 9.55.